The number of nitrogens with one attached hydrogen (secondary N) is 1. The molecule has 0 spiro atoms. The van der Waals surface area contributed by atoms with Gasteiger partial charge in [0.1, 0.15) is 6.04 Å². The van der Waals surface area contributed by atoms with Gasteiger partial charge in [0.25, 0.3) is 0 Å². The third kappa shape index (κ3) is 4.47. The van der Waals surface area contributed by atoms with Crippen molar-refractivity contribution in [1.29, 1.82) is 0 Å². The molecule has 0 heterocycles. The second kappa shape index (κ2) is 7.67. The molecule has 1 rings (SSSR count). The Kier molecular flexibility index (Phi) is 6.20. The third-order valence-corrected chi connectivity index (χ3v) is 3.62. The number of nitrogens with zero attached hydrogens (tertiary/aromatic N) is 1. The molecule has 2 N–H and O–H groups in total. The molecule has 19 heavy (non-hydrogen) atoms. The van der Waals surface area contributed by atoms with Gasteiger partial charge in [-0.2, -0.15) is 0 Å². The van der Waals surface area contributed by atoms with Crippen LogP contribution in [0.25, 0.3) is 0 Å². The fraction of sp³-hybridized carbons (Fsp3) is 0.714. The van der Waals surface area contributed by atoms with E-state index in [2.05, 4.69) is 11.2 Å². The van der Waals surface area contributed by atoms with Gasteiger partial charge in [-0.3, -0.25) is 0 Å². The highest BCUT2D eigenvalue weighted by Crippen LogP contribution is 2.26. The summed E-state index contributed by atoms with van der Waals surface area (Å²) in [7, 11) is 0. The minimum atomic E-state index is -0.961. The molecule has 1 aliphatic carbocycles. The maximum absolute atomic E-state index is 12.0. The van der Waals surface area contributed by atoms with Crippen molar-refractivity contribution >= 4 is 12.0 Å². The van der Waals surface area contributed by atoms with Gasteiger partial charge in [-0.05, 0) is 25.7 Å². The molecule has 1 aliphatic rings. The van der Waals surface area contributed by atoms with Crippen molar-refractivity contribution in [1.82, 2.24) is 10.2 Å². The van der Waals surface area contributed by atoms with Crippen LogP contribution >= 0.6 is 0 Å². The Morgan fingerprint density at radius 2 is 2.05 bits per heavy atom. The molecule has 1 fully saturated rings. The summed E-state index contributed by atoms with van der Waals surface area (Å²) in [6, 6.07) is -1.20. The molecule has 0 saturated heterocycles. The first-order chi connectivity index (χ1) is 9.10. The molecule has 0 bridgehead atoms. The summed E-state index contributed by atoms with van der Waals surface area (Å²) < 4.78 is 0. The van der Waals surface area contributed by atoms with E-state index in [0.717, 1.165) is 32.1 Å². The van der Waals surface area contributed by atoms with Crippen molar-refractivity contribution in [3.8, 4) is 12.3 Å². The molecule has 106 valence electrons. The van der Waals surface area contributed by atoms with Crippen LogP contribution < -0.4 is 5.32 Å². The lowest BCUT2D eigenvalue weighted by molar-refractivity contribution is -0.141. The summed E-state index contributed by atoms with van der Waals surface area (Å²) in [4.78, 5) is 24.7. The Morgan fingerprint density at radius 3 is 2.53 bits per heavy atom. The van der Waals surface area contributed by atoms with E-state index in [1.165, 1.54) is 4.90 Å². The van der Waals surface area contributed by atoms with E-state index < -0.39 is 18.0 Å². The minimum absolute atomic E-state index is 0.0275. The van der Waals surface area contributed by atoms with Crippen molar-refractivity contribution in [2.45, 2.75) is 45.1 Å². The van der Waals surface area contributed by atoms with Gasteiger partial charge in [0.05, 0.1) is 6.54 Å². The number of aliphatic carboxylic acids is 1. The number of carbonyl (C=O) groups excluding carboxylic acids is 1. The standard InChI is InChI=1S/C14H22N2O3/c1-3-10-16(4-2)14(19)15-12(13(17)18)11-8-6-5-7-9-11/h1,11-12H,4-10H2,2H3,(H,15,19)(H,17,18). The maximum Gasteiger partial charge on any atom is 0.326 e. The van der Waals surface area contributed by atoms with E-state index in [-0.39, 0.29) is 12.5 Å². The lowest BCUT2D eigenvalue weighted by atomic mass is 9.84. The zero-order valence-corrected chi connectivity index (χ0v) is 11.4. The number of amides is 2. The first-order valence-corrected chi connectivity index (χ1v) is 6.81. The van der Waals surface area contributed by atoms with Crippen LogP contribution in [0.15, 0.2) is 0 Å². The van der Waals surface area contributed by atoms with Crippen LogP contribution in [0.3, 0.4) is 0 Å². The van der Waals surface area contributed by atoms with Crippen molar-refractivity contribution in [2.75, 3.05) is 13.1 Å². The Labute approximate surface area is 114 Å². The maximum atomic E-state index is 12.0. The van der Waals surface area contributed by atoms with Crippen LogP contribution in [0.5, 0.6) is 0 Å². The molecule has 0 aromatic heterocycles. The molecule has 0 aromatic rings. The average Bonchev–Trinajstić information content (AvgIpc) is 2.42. The molecule has 5 nitrogen and oxygen atoms in total. The fourth-order valence-corrected chi connectivity index (χ4v) is 2.51. The molecule has 0 aliphatic heterocycles. The number of rotatable bonds is 5. The lowest BCUT2D eigenvalue weighted by Crippen LogP contribution is -2.51. The first kappa shape index (κ1) is 15.4. The van der Waals surface area contributed by atoms with Crippen LogP contribution in [0.1, 0.15) is 39.0 Å². The Balaban J connectivity index is 2.64. The SMILES string of the molecule is C#CCN(CC)C(=O)NC(C(=O)O)C1CCCCC1. The zero-order valence-electron chi connectivity index (χ0n) is 11.4. The van der Waals surface area contributed by atoms with Crippen LogP contribution in [-0.2, 0) is 4.79 Å². The van der Waals surface area contributed by atoms with Crippen molar-refractivity contribution < 1.29 is 14.7 Å². The van der Waals surface area contributed by atoms with Crippen LogP contribution in [0.4, 0.5) is 4.79 Å². The normalized spacial score (nSPS) is 17.3. The average molecular weight is 266 g/mol. The van der Waals surface area contributed by atoms with Gasteiger partial charge in [0.2, 0.25) is 0 Å². The number of hydrogen-bond donors (Lipinski definition) is 2. The third-order valence-electron chi connectivity index (χ3n) is 3.62. The smallest absolute Gasteiger partial charge is 0.326 e. The first-order valence-electron chi connectivity index (χ1n) is 6.81. The zero-order chi connectivity index (χ0) is 14.3. The quantitative estimate of drug-likeness (QED) is 0.744. The Morgan fingerprint density at radius 1 is 1.42 bits per heavy atom. The molecule has 1 unspecified atom stereocenters. The Hall–Kier alpha value is -1.70. The van der Waals surface area contributed by atoms with Crippen molar-refractivity contribution in [3.05, 3.63) is 0 Å². The fourth-order valence-electron chi connectivity index (χ4n) is 2.51. The largest absolute Gasteiger partial charge is 0.480 e. The Bertz CT molecular complexity index is 356. The number of carboxylic acid groups (broad SMARTS) is 1. The van der Waals surface area contributed by atoms with Gasteiger partial charge in [-0.1, -0.05) is 25.2 Å². The van der Waals surface area contributed by atoms with E-state index in [1.54, 1.807) is 0 Å². The minimum Gasteiger partial charge on any atom is -0.480 e. The number of terminal acetylenes is 1. The van der Waals surface area contributed by atoms with Crippen LogP contribution in [-0.4, -0.2) is 41.1 Å². The van der Waals surface area contributed by atoms with E-state index in [4.69, 9.17) is 6.42 Å². The van der Waals surface area contributed by atoms with Crippen LogP contribution in [0.2, 0.25) is 0 Å². The number of carboxylic acids is 1. The monoisotopic (exact) mass is 266 g/mol. The molecular formula is C14H22N2O3. The van der Waals surface area contributed by atoms with Crippen molar-refractivity contribution in [2.24, 2.45) is 5.92 Å². The van der Waals surface area contributed by atoms with Gasteiger partial charge in [-0.15, -0.1) is 6.42 Å². The second-order valence-electron chi connectivity index (χ2n) is 4.88. The highest BCUT2D eigenvalue weighted by atomic mass is 16.4. The van der Waals surface area contributed by atoms with Gasteiger partial charge in [0.15, 0.2) is 0 Å². The summed E-state index contributed by atoms with van der Waals surface area (Å²) >= 11 is 0. The number of urea groups is 1. The molecule has 1 atom stereocenters. The topological polar surface area (TPSA) is 69.6 Å². The molecule has 0 radical (unpaired) electrons. The summed E-state index contributed by atoms with van der Waals surface area (Å²) in [5.74, 6) is 1.47. The summed E-state index contributed by atoms with van der Waals surface area (Å²) in [5.41, 5.74) is 0. The molecular weight excluding hydrogens is 244 g/mol. The highest BCUT2D eigenvalue weighted by Gasteiger charge is 2.31. The molecule has 0 aromatic carbocycles. The lowest BCUT2D eigenvalue weighted by Gasteiger charge is -2.29. The van der Waals surface area contributed by atoms with E-state index in [1.807, 2.05) is 6.92 Å². The summed E-state index contributed by atoms with van der Waals surface area (Å²) in [6.07, 6.45) is 10.1. The summed E-state index contributed by atoms with van der Waals surface area (Å²) in [6.45, 7) is 2.47. The predicted octanol–water partition coefficient (Wildman–Crippen LogP) is 1.68. The highest BCUT2D eigenvalue weighted by molar-refractivity contribution is 5.83. The van der Waals surface area contributed by atoms with Gasteiger partial charge in [-0.25, -0.2) is 9.59 Å². The molecule has 2 amide bonds. The van der Waals surface area contributed by atoms with E-state index >= 15 is 0 Å². The van der Waals surface area contributed by atoms with Gasteiger partial charge in [0, 0.05) is 6.54 Å². The molecule has 5 heteroatoms. The summed E-state index contributed by atoms with van der Waals surface area (Å²) in [5, 5.41) is 11.9. The van der Waals surface area contributed by atoms with E-state index in [0.29, 0.717) is 6.54 Å². The number of hydrogen-bond acceptors (Lipinski definition) is 2. The van der Waals surface area contributed by atoms with Gasteiger partial charge < -0.3 is 15.3 Å². The number of carbonyl (C=O) groups is 2. The molecule has 1 saturated carbocycles. The van der Waals surface area contributed by atoms with Crippen molar-refractivity contribution in [3.63, 3.8) is 0 Å². The predicted molar refractivity (Wildman–Crippen MR) is 72.6 cm³/mol. The second-order valence-corrected chi connectivity index (χ2v) is 4.88. The van der Waals surface area contributed by atoms with Crippen LogP contribution in [0, 0.1) is 18.3 Å². The van der Waals surface area contributed by atoms with Gasteiger partial charge >= 0.3 is 12.0 Å². The van der Waals surface area contributed by atoms with E-state index in [9.17, 15) is 14.7 Å².